The van der Waals surface area contributed by atoms with E-state index < -0.39 is 10.0 Å². The van der Waals surface area contributed by atoms with Gasteiger partial charge in [0.25, 0.3) is 0 Å². The van der Waals surface area contributed by atoms with Crippen molar-refractivity contribution in [2.45, 2.75) is 37.5 Å². The molecule has 1 amide bonds. The molecule has 0 bridgehead atoms. The summed E-state index contributed by atoms with van der Waals surface area (Å²) in [5, 5.41) is 1.15. The van der Waals surface area contributed by atoms with Crippen molar-refractivity contribution in [3.05, 3.63) is 65.9 Å². The summed E-state index contributed by atoms with van der Waals surface area (Å²) < 4.78 is 27.4. The molecule has 0 radical (unpaired) electrons. The first-order valence-electron chi connectivity index (χ1n) is 10.8. The largest absolute Gasteiger partial charge is 0.361 e. The number of hydrogen-bond acceptors (Lipinski definition) is 3. The molecule has 0 unspecified atom stereocenters. The standard InChI is InChI=1S/C24H29N3O3S/c1-18(2)19-7-10-21(11-8-19)31(29,30)27-15-13-26(14-16-27)24(28)12-9-20-17-25-23-6-4-3-5-22(20)23/h3-8,10-11,17-18,25H,9,12-16H2,1-2H3. The van der Waals surface area contributed by atoms with Gasteiger partial charge in [-0.2, -0.15) is 4.31 Å². The molecule has 1 saturated heterocycles. The Morgan fingerprint density at radius 2 is 1.68 bits per heavy atom. The van der Waals surface area contributed by atoms with Crippen LogP contribution in [-0.2, 0) is 21.2 Å². The van der Waals surface area contributed by atoms with Crippen LogP contribution in [0.25, 0.3) is 10.9 Å². The van der Waals surface area contributed by atoms with E-state index in [2.05, 4.69) is 24.9 Å². The molecule has 164 valence electrons. The first-order valence-corrected chi connectivity index (χ1v) is 12.2. The molecule has 3 aromatic rings. The van der Waals surface area contributed by atoms with E-state index in [9.17, 15) is 13.2 Å². The molecule has 0 atom stereocenters. The highest BCUT2D eigenvalue weighted by Gasteiger charge is 2.30. The van der Waals surface area contributed by atoms with Crippen molar-refractivity contribution in [3.63, 3.8) is 0 Å². The zero-order valence-electron chi connectivity index (χ0n) is 18.0. The van der Waals surface area contributed by atoms with E-state index >= 15 is 0 Å². The molecule has 6 nitrogen and oxygen atoms in total. The highest BCUT2D eigenvalue weighted by molar-refractivity contribution is 7.89. The van der Waals surface area contributed by atoms with Crippen molar-refractivity contribution >= 4 is 26.8 Å². The van der Waals surface area contributed by atoms with Crippen LogP contribution < -0.4 is 0 Å². The van der Waals surface area contributed by atoms with E-state index in [1.54, 1.807) is 17.0 Å². The van der Waals surface area contributed by atoms with Crippen LogP contribution >= 0.6 is 0 Å². The number of carbonyl (C=O) groups is 1. The number of nitrogens with one attached hydrogen (secondary N) is 1. The van der Waals surface area contributed by atoms with Gasteiger partial charge >= 0.3 is 0 Å². The van der Waals surface area contributed by atoms with E-state index in [0.717, 1.165) is 22.0 Å². The molecule has 1 aliphatic heterocycles. The molecular formula is C24H29N3O3S. The zero-order valence-corrected chi connectivity index (χ0v) is 18.9. The Morgan fingerprint density at radius 3 is 2.35 bits per heavy atom. The molecule has 0 aliphatic carbocycles. The molecule has 7 heteroatoms. The number of aryl methyl sites for hydroxylation is 1. The smallest absolute Gasteiger partial charge is 0.243 e. The van der Waals surface area contributed by atoms with Gasteiger partial charge in [-0.05, 0) is 41.7 Å². The fourth-order valence-electron chi connectivity index (χ4n) is 4.09. The number of H-pyrrole nitrogens is 1. The number of hydrogen-bond donors (Lipinski definition) is 1. The van der Waals surface area contributed by atoms with Crippen LogP contribution in [0.3, 0.4) is 0 Å². The molecule has 0 spiro atoms. The van der Waals surface area contributed by atoms with Crippen molar-refractivity contribution in [2.24, 2.45) is 0 Å². The number of amides is 1. The number of aromatic nitrogens is 1. The van der Waals surface area contributed by atoms with Gasteiger partial charge in [-0.3, -0.25) is 4.79 Å². The molecule has 2 aromatic carbocycles. The normalized spacial score (nSPS) is 15.6. The van der Waals surface area contributed by atoms with Gasteiger partial charge in [-0.1, -0.05) is 44.2 Å². The maximum absolute atomic E-state index is 13.0. The highest BCUT2D eigenvalue weighted by atomic mass is 32.2. The van der Waals surface area contributed by atoms with E-state index in [0.29, 0.717) is 49.8 Å². The first kappa shape index (κ1) is 21.6. The summed E-state index contributed by atoms with van der Waals surface area (Å²) in [6.45, 7) is 5.67. The summed E-state index contributed by atoms with van der Waals surface area (Å²) >= 11 is 0. The molecule has 1 aromatic heterocycles. The Labute approximate surface area is 183 Å². The number of aromatic amines is 1. The van der Waals surface area contributed by atoms with E-state index in [-0.39, 0.29) is 5.91 Å². The van der Waals surface area contributed by atoms with E-state index in [1.165, 1.54) is 4.31 Å². The van der Waals surface area contributed by atoms with Crippen molar-refractivity contribution in [1.82, 2.24) is 14.2 Å². The number of para-hydroxylation sites is 1. The molecular weight excluding hydrogens is 410 g/mol. The van der Waals surface area contributed by atoms with Gasteiger partial charge < -0.3 is 9.88 Å². The van der Waals surface area contributed by atoms with Crippen molar-refractivity contribution < 1.29 is 13.2 Å². The quantitative estimate of drug-likeness (QED) is 0.636. The van der Waals surface area contributed by atoms with Gasteiger partial charge in [-0.25, -0.2) is 8.42 Å². The second-order valence-corrected chi connectivity index (χ2v) is 10.3. The number of fused-ring (bicyclic) bond motifs is 1. The summed E-state index contributed by atoms with van der Waals surface area (Å²) in [7, 11) is -3.53. The van der Waals surface area contributed by atoms with Gasteiger partial charge in [0.05, 0.1) is 4.90 Å². The zero-order chi connectivity index (χ0) is 22.0. The first-order chi connectivity index (χ1) is 14.9. The van der Waals surface area contributed by atoms with Gasteiger partial charge in [0.2, 0.25) is 15.9 Å². The van der Waals surface area contributed by atoms with Crippen LogP contribution in [0.2, 0.25) is 0 Å². The van der Waals surface area contributed by atoms with Crippen LogP contribution in [0.4, 0.5) is 0 Å². The molecule has 2 heterocycles. The summed E-state index contributed by atoms with van der Waals surface area (Å²) in [6.07, 6.45) is 3.06. The number of piperazine rings is 1. The van der Waals surface area contributed by atoms with Crippen LogP contribution in [0, 0.1) is 0 Å². The number of benzene rings is 2. The SMILES string of the molecule is CC(C)c1ccc(S(=O)(=O)N2CCN(C(=O)CCc3c[nH]c4ccccc34)CC2)cc1. The van der Waals surface area contributed by atoms with E-state index in [4.69, 9.17) is 0 Å². The second-order valence-electron chi connectivity index (χ2n) is 8.37. The van der Waals surface area contributed by atoms with Gasteiger partial charge in [-0.15, -0.1) is 0 Å². The molecule has 0 saturated carbocycles. The Balaban J connectivity index is 1.33. The van der Waals surface area contributed by atoms with Gasteiger partial charge in [0.15, 0.2) is 0 Å². The second kappa shape index (κ2) is 8.85. The average Bonchev–Trinajstić information content (AvgIpc) is 3.20. The number of rotatable bonds is 6. The predicted molar refractivity (Wildman–Crippen MR) is 122 cm³/mol. The minimum atomic E-state index is -3.53. The van der Waals surface area contributed by atoms with Crippen molar-refractivity contribution in [2.75, 3.05) is 26.2 Å². The van der Waals surface area contributed by atoms with Gasteiger partial charge in [0, 0.05) is 49.7 Å². The lowest BCUT2D eigenvalue weighted by Crippen LogP contribution is -2.50. The fraction of sp³-hybridized carbons (Fsp3) is 0.375. The van der Waals surface area contributed by atoms with Crippen molar-refractivity contribution in [1.29, 1.82) is 0 Å². The fourth-order valence-corrected chi connectivity index (χ4v) is 5.51. The topological polar surface area (TPSA) is 73.5 Å². The maximum Gasteiger partial charge on any atom is 0.243 e. The summed E-state index contributed by atoms with van der Waals surface area (Å²) in [5.74, 6) is 0.430. The Bertz CT molecular complexity index is 1160. The number of carbonyl (C=O) groups excluding carboxylic acids is 1. The lowest BCUT2D eigenvalue weighted by molar-refractivity contribution is -0.132. The molecule has 4 rings (SSSR count). The monoisotopic (exact) mass is 439 g/mol. The minimum Gasteiger partial charge on any atom is -0.361 e. The van der Waals surface area contributed by atoms with Crippen LogP contribution in [0.15, 0.2) is 59.6 Å². The average molecular weight is 440 g/mol. The predicted octanol–water partition coefficient (Wildman–Crippen LogP) is 3.76. The highest BCUT2D eigenvalue weighted by Crippen LogP contribution is 2.22. The van der Waals surface area contributed by atoms with Crippen LogP contribution in [0.1, 0.15) is 37.3 Å². The van der Waals surface area contributed by atoms with Gasteiger partial charge in [0.1, 0.15) is 0 Å². The molecule has 1 fully saturated rings. The summed E-state index contributed by atoms with van der Waals surface area (Å²) in [6, 6.07) is 15.2. The van der Waals surface area contributed by atoms with E-state index in [1.807, 2.05) is 36.5 Å². The third-order valence-corrected chi connectivity index (χ3v) is 7.97. The van der Waals surface area contributed by atoms with Crippen LogP contribution in [0.5, 0.6) is 0 Å². The number of nitrogens with zero attached hydrogens (tertiary/aromatic N) is 2. The van der Waals surface area contributed by atoms with Crippen molar-refractivity contribution in [3.8, 4) is 0 Å². The molecule has 1 N–H and O–H groups in total. The minimum absolute atomic E-state index is 0.0728. The number of sulfonamides is 1. The Hall–Kier alpha value is -2.64. The molecule has 1 aliphatic rings. The maximum atomic E-state index is 13.0. The molecule has 31 heavy (non-hydrogen) atoms. The lowest BCUT2D eigenvalue weighted by Gasteiger charge is -2.34. The lowest BCUT2D eigenvalue weighted by atomic mass is 10.0. The summed E-state index contributed by atoms with van der Waals surface area (Å²) in [5.41, 5.74) is 3.32. The third-order valence-electron chi connectivity index (χ3n) is 6.06. The third kappa shape index (κ3) is 4.52. The van der Waals surface area contributed by atoms with Crippen LogP contribution in [-0.4, -0.2) is 54.7 Å². The summed E-state index contributed by atoms with van der Waals surface area (Å²) in [4.78, 5) is 18.0. The Kier molecular flexibility index (Phi) is 6.16. The Morgan fingerprint density at radius 1 is 1.00 bits per heavy atom.